The molecular formula is C15H8Cl3F4NO2. The highest BCUT2D eigenvalue weighted by atomic mass is 35.5. The maximum absolute atomic E-state index is 12.5. The second-order valence-corrected chi connectivity index (χ2v) is 5.68. The summed E-state index contributed by atoms with van der Waals surface area (Å²) in [6.45, 7) is -0.150. The van der Waals surface area contributed by atoms with Crippen molar-refractivity contribution in [3.8, 4) is 17.4 Å². The van der Waals surface area contributed by atoms with Gasteiger partial charge in [0.1, 0.15) is 12.4 Å². The zero-order valence-electron chi connectivity index (χ0n) is 12.1. The van der Waals surface area contributed by atoms with E-state index in [1.807, 2.05) is 0 Å². The van der Waals surface area contributed by atoms with E-state index in [0.717, 1.165) is 18.2 Å². The molecule has 2 rings (SSSR count). The Labute approximate surface area is 154 Å². The summed E-state index contributed by atoms with van der Waals surface area (Å²) in [7, 11) is 0. The summed E-state index contributed by atoms with van der Waals surface area (Å²) in [5, 5.41) is -0.871. The second kappa shape index (κ2) is 8.12. The third kappa shape index (κ3) is 5.66. The molecule has 0 amide bonds. The van der Waals surface area contributed by atoms with Crippen LogP contribution in [0.5, 0.6) is 17.4 Å². The Bertz CT molecular complexity index is 752. The number of alkyl halides is 3. The molecule has 0 aliphatic carbocycles. The lowest BCUT2D eigenvalue weighted by molar-refractivity contribution is -0.137. The molecule has 0 aliphatic heterocycles. The number of hydrogen-bond donors (Lipinski definition) is 0. The predicted octanol–water partition coefficient (Wildman–Crippen LogP) is 6.63. The summed E-state index contributed by atoms with van der Waals surface area (Å²) in [6, 6.07) is 4.53. The van der Waals surface area contributed by atoms with Crippen molar-refractivity contribution in [1.82, 2.24) is 4.98 Å². The largest absolute Gasteiger partial charge is 0.489 e. The molecule has 0 bridgehead atoms. The van der Waals surface area contributed by atoms with Gasteiger partial charge in [-0.2, -0.15) is 17.6 Å². The van der Waals surface area contributed by atoms with Gasteiger partial charge in [0.05, 0.1) is 15.6 Å². The van der Waals surface area contributed by atoms with Crippen molar-refractivity contribution in [1.29, 1.82) is 0 Å². The van der Waals surface area contributed by atoms with Crippen molar-refractivity contribution in [2.75, 3.05) is 6.61 Å². The topological polar surface area (TPSA) is 31.4 Å². The monoisotopic (exact) mass is 415 g/mol. The molecule has 0 N–H and O–H groups in total. The van der Waals surface area contributed by atoms with Gasteiger partial charge in [-0.25, -0.2) is 4.98 Å². The minimum atomic E-state index is -4.50. The van der Waals surface area contributed by atoms with E-state index in [4.69, 9.17) is 44.3 Å². The standard InChI is InChI=1S/C15H8Cl3F4NO2/c16-10-5-9(24-4-3-12(18)19)6-11(17)14(10)25-13-2-1-8(7-23-13)15(20,21)22/h1-3,5-7H,4H2. The van der Waals surface area contributed by atoms with Crippen molar-refractivity contribution in [2.45, 2.75) is 6.18 Å². The van der Waals surface area contributed by atoms with E-state index >= 15 is 0 Å². The molecule has 0 aliphatic rings. The third-order valence-corrected chi connectivity index (χ3v) is 3.45. The summed E-state index contributed by atoms with van der Waals surface area (Å²) < 4.78 is 60.3. The zero-order valence-corrected chi connectivity index (χ0v) is 14.3. The van der Waals surface area contributed by atoms with Gasteiger partial charge in [-0.05, 0) is 6.07 Å². The number of nitrogens with zero attached hydrogens (tertiary/aromatic N) is 1. The molecule has 0 atom stereocenters. The van der Waals surface area contributed by atoms with Crippen LogP contribution < -0.4 is 9.47 Å². The molecule has 3 nitrogen and oxygen atoms in total. The summed E-state index contributed by atoms with van der Waals surface area (Å²) in [5.74, 6) is 0.0801. The summed E-state index contributed by atoms with van der Waals surface area (Å²) in [5.41, 5.74) is -0.916. The minimum absolute atomic E-state index is 0.0120. The Morgan fingerprint density at radius 2 is 1.80 bits per heavy atom. The van der Waals surface area contributed by atoms with Crippen LogP contribution in [0.25, 0.3) is 0 Å². The molecule has 1 aromatic carbocycles. The van der Waals surface area contributed by atoms with Crippen molar-refractivity contribution < 1.29 is 27.0 Å². The number of benzene rings is 1. The molecule has 0 radical (unpaired) electrons. The highest BCUT2D eigenvalue weighted by Crippen LogP contribution is 2.39. The number of hydrogen-bond acceptors (Lipinski definition) is 3. The van der Waals surface area contributed by atoms with Gasteiger partial charge in [0.15, 0.2) is 11.0 Å². The first-order valence-corrected chi connectivity index (χ1v) is 7.64. The van der Waals surface area contributed by atoms with Crippen LogP contribution in [0.3, 0.4) is 0 Å². The molecule has 1 aromatic heterocycles. The number of aromatic nitrogens is 1. The highest BCUT2D eigenvalue weighted by molar-refractivity contribution is 6.37. The molecule has 1 heterocycles. The maximum Gasteiger partial charge on any atom is 0.417 e. The smallest absolute Gasteiger partial charge is 0.417 e. The van der Waals surface area contributed by atoms with E-state index < -0.39 is 17.0 Å². The Morgan fingerprint density at radius 1 is 1.16 bits per heavy atom. The van der Waals surface area contributed by atoms with Gasteiger partial charge in [-0.15, -0.1) is 0 Å². The van der Waals surface area contributed by atoms with Gasteiger partial charge >= 0.3 is 6.18 Å². The number of halogens is 7. The van der Waals surface area contributed by atoms with Crippen LogP contribution >= 0.6 is 34.8 Å². The minimum Gasteiger partial charge on any atom is -0.489 e. The van der Waals surface area contributed by atoms with Crippen LogP contribution in [-0.2, 0) is 6.18 Å². The van der Waals surface area contributed by atoms with Gasteiger partial charge in [0.2, 0.25) is 5.88 Å². The average Bonchev–Trinajstić information content (AvgIpc) is 2.50. The van der Waals surface area contributed by atoms with E-state index in [2.05, 4.69) is 4.98 Å². The van der Waals surface area contributed by atoms with Gasteiger partial charge in [-0.1, -0.05) is 34.8 Å². The number of pyridine rings is 1. The van der Waals surface area contributed by atoms with Crippen molar-refractivity contribution >= 4 is 34.8 Å². The average molecular weight is 417 g/mol. The quantitative estimate of drug-likeness (QED) is 0.513. The summed E-state index contributed by atoms with van der Waals surface area (Å²) in [4.78, 5) is 3.56. The molecule has 0 unspecified atom stereocenters. The van der Waals surface area contributed by atoms with Gasteiger partial charge in [-0.3, -0.25) is 0 Å². The van der Waals surface area contributed by atoms with Crippen molar-refractivity contribution in [3.63, 3.8) is 0 Å². The van der Waals surface area contributed by atoms with Crippen LogP contribution in [0.2, 0.25) is 10.0 Å². The summed E-state index contributed by atoms with van der Waals surface area (Å²) >= 11 is 17.1. The second-order valence-electron chi connectivity index (χ2n) is 4.51. The van der Waals surface area contributed by atoms with Gasteiger partial charge in [0, 0.05) is 30.5 Å². The first kappa shape index (κ1) is 19.6. The van der Waals surface area contributed by atoms with Crippen LogP contribution in [0.15, 0.2) is 41.8 Å². The fourth-order valence-electron chi connectivity index (χ4n) is 1.63. The molecule has 0 saturated heterocycles. The third-order valence-electron chi connectivity index (χ3n) is 2.73. The number of ether oxygens (including phenoxy) is 2. The number of rotatable bonds is 5. The predicted molar refractivity (Wildman–Crippen MR) is 86.3 cm³/mol. The molecular weight excluding hydrogens is 409 g/mol. The van der Waals surface area contributed by atoms with E-state index in [9.17, 15) is 17.6 Å². The van der Waals surface area contributed by atoms with E-state index in [1.165, 1.54) is 12.1 Å². The lowest BCUT2D eigenvalue weighted by Gasteiger charge is -2.12. The van der Waals surface area contributed by atoms with Crippen molar-refractivity contribution in [2.24, 2.45) is 0 Å². The van der Waals surface area contributed by atoms with Gasteiger partial charge < -0.3 is 9.47 Å². The highest BCUT2D eigenvalue weighted by Gasteiger charge is 2.30. The fraction of sp³-hybridized carbons (Fsp3) is 0.133. The molecule has 25 heavy (non-hydrogen) atoms. The van der Waals surface area contributed by atoms with Crippen LogP contribution in [-0.4, -0.2) is 11.6 Å². The SMILES string of the molecule is FC(Cl)=CCOc1cc(Cl)c(Oc2ccc(C(F)(F)F)cn2)c(Cl)c1. The lowest BCUT2D eigenvalue weighted by atomic mass is 10.3. The van der Waals surface area contributed by atoms with Crippen LogP contribution in [0.1, 0.15) is 5.56 Å². The fourth-order valence-corrected chi connectivity index (χ4v) is 2.24. The van der Waals surface area contributed by atoms with Crippen molar-refractivity contribution in [3.05, 3.63) is 57.4 Å². The Morgan fingerprint density at radius 3 is 2.28 bits per heavy atom. The zero-order chi connectivity index (χ0) is 18.6. The molecule has 0 saturated carbocycles. The van der Waals surface area contributed by atoms with E-state index in [-0.39, 0.29) is 34.0 Å². The van der Waals surface area contributed by atoms with Crippen LogP contribution in [0, 0.1) is 0 Å². The normalized spacial score (nSPS) is 12.2. The molecule has 0 fully saturated rings. The van der Waals surface area contributed by atoms with E-state index in [0.29, 0.717) is 6.20 Å². The Balaban J connectivity index is 2.16. The molecule has 0 spiro atoms. The first-order valence-electron chi connectivity index (χ1n) is 6.51. The Hall–Kier alpha value is -1.70. The molecule has 134 valence electrons. The van der Waals surface area contributed by atoms with Gasteiger partial charge in [0.25, 0.3) is 0 Å². The molecule has 10 heteroatoms. The maximum atomic E-state index is 12.5. The lowest BCUT2D eigenvalue weighted by Crippen LogP contribution is -2.05. The van der Waals surface area contributed by atoms with Crippen LogP contribution in [0.4, 0.5) is 17.6 Å². The molecule has 2 aromatic rings. The Kier molecular flexibility index (Phi) is 6.37. The summed E-state index contributed by atoms with van der Waals surface area (Å²) in [6.07, 6.45) is -2.89. The first-order chi connectivity index (χ1) is 11.7. The van der Waals surface area contributed by atoms with E-state index in [1.54, 1.807) is 0 Å².